The normalized spacial score (nSPS) is 11.8. The van der Waals surface area contributed by atoms with Gasteiger partial charge >= 0.3 is 0 Å². The smallest absolute Gasteiger partial charge is 0.265 e. The number of anilines is 2. The number of nitrogens with one attached hydrogen (secondary N) is 2. The van der Waals surface area contributed by atoms with Crippen LogP contribution in [0.1, 0.15) is 0 Å². The quantitative estimate of drug-likeness (QED) is 0.490. The lowest BCUT2D eigenvalue weighted by Crippen LogP contribution is -2.18. The van der Waals surface area contributed by atoms with Crippen LogP contribution in [0.15, 0.2) is 64.4 Å². The molecule has 0 heterocycles. The summed E-state index contributed by atoms with van der Waals surface area (Å²) < 4.78 is 114. The Morgan fingerprint density at radius 1 is 0.719 bits per heavy atom. The van der Waals surface area contributed by atoms with E-state index in [0.29, 0.717) is 6.07 Å². The van der Waals surface area contributed by atoms with Gasteiger partial charge in [0, 0.05) is 0 Å². The van der Waals surface area contributed by atoms with E-state index in [9.17, 15) is 34.4 Å². The Balaban J connectivity index is 2.04. The predicted octanol–water partition coefficient (Wildman–Crippen LogP) is 3.85. The molecule has 7 nitrogen and oxygen atoms in total. The fourth-order valence-corrected chi connectivity index (χ4v) is 5.02. The van der Waals surface area contributed by atoms with Crippen LogP contribution in [-0.4, -0.2) is 23.9 Å². The van der Waals surface area contributed by atoms with Crippen molar-refractivity contribution >= 4 is 31.4 Å². The van der Waals surface area contributed by atoms with Crippen molar-refractivity contribution in [2.45, 2.75) is 9.79 Å². The number of benzene rings is 3. The molecule has 13 heteroatoms. The summed E-state index contributed by atoms with van der Waals surface area (Å²) in [6.45, 7) is 0. The Morgan fingerprint density at radius 2 is 1.22 bits per heavy atom. The first-order valence-electron chi connectivity index (χ1n) is 8.58. The van der Waals surface area contributed by atoms with Crippen molar-refractivity contribution in [2.75, 3.05) is 16.6 Å². The van der Waals surface area contributed by atoms with Crippen LogP contribution < -0.4 is 14.2 Å². The standard InChI is InChI=1S/C19H14F4N2O5S2/c1-30-16-9-8-11(31(26,27)24-14-6-2-4-12(20)18(14)22)10-17(16)32(28,29)25-15-7-3-5-13(21)19(15)23/h2-10,24-25H,1H3. The Morgan fingerprint density at radius 3 is 1.72 bits per heavy atom. The van der Waals surface area contributed by atoms with Gasteiger partial charge in [-0.05, 0) is 42.5 Å². The molecule has 0 atom stereocenters. The van der Waals surface area contributed by atoms with Gasteiger partial charge in [-0.25, -0.2) is 34.4 Å². The third-order valence-electron chi connectivity index (χ3n) is 4.13. The average molecular weight is 490 g/mol. The zero-order valence-corrected chi connectivity index (χ0v) is 17.7. The van der Waals surface area contributed by atoms with Gasteiger partial charge in [0.05, 0.1) is 23.4 Å². The molecule has 170 valence electrons. The first-order chi connectivity index (χ1) is 15.0. The van der Waals surface area contributed by atoms with Gasteiger partial charge in [0.2, 0.25) is 0 Å². The molecule has 0 amide bonds. The number of halogens is 4. The van der Waals surface area contributed by atoms with E-state index in [1.54, 1.807) is 0 Å². The van der Waals surface area contributed by atoms with Crippen molar-refractivity contribution in [3.8, 4) is 5.75 Å². The summed E-state index contributed by atoms with van der Waals surface area (Å²) in [7, 11) is -8.16. The van der Waals surface area contributed by atoms with Crippen LogP contribution in [-0.2, 0) is 20.0 Å². The van der Waals surface area contributed by atoms with Crippen LogP contribution in [0, 0.1) is 23.3 Å². The van der Waals surface area contributed by atoms with Crippen molar-refractivity contribution in [1.82, 2.24) is 0 Å². The Bertz CT molecular complexity index is 1400. The second-order valence-electron chi connectivity index (χ2n) is 6.23. The van der Waals surface area contributed by atoms with E-state index < -0.39 is 64.5 Å². The molecule has 32 heavy (non-hydrogen) atoms. The largest absolute Gasteiger partial charge is 0.495 e. The van der Waals surface area contributed by atoms with Gasteiger partial charge in [0.15, 0.2) is 23.3 Å². The second kappa shape index (κ2) is 8.67. The van der Waals surface area contributed by atoms with Crippen molar-refractivity contribution in [1.29, 1.82) is 0 Å². The molecule has 0 spiro atoms. The van der Waals surface area contributed by atoms with Crippen LogP contribution in [0.25, 0.3) is 0 Å². The van der Waals surface area contributed by atoms with E-state index in [1.807, 2.05) is 9.44 Å². The lowest BCUT2D eigenvalue weighted by Gasteiger charge is -2.15. The summed E-state index contributed by atoms with van der Waals surface area (Å²) in [4.78, 5) is -1.38. The summed E-state index contributed by atoms with van der Waals surface area (Å²) in [5.41, 5.74) is -1.43. The van der Waals surface area contributed by atoms with Crippen LogP contribution in [0.2, 0.25) is 0 Å². The number of ether oxygens (including phenoxy) is 1. The molecule has 3 aromatic carbocycles. The Hall–Kier alpha value is -3.32. The molecule has 2 N–H and O–H groups in total. The molecule has 0 aliphatic rings. The highest BCUT2D eigenvalue weighted by molar-refractivity contribution is 7.93. The summed E-state index contributed by atoms with van der Waals surface area (Å²) in [5.74, 6) is -5.85. The molecule has 0 aliphatic carbocycles. The fraction of sp³-hybridized carbons (Fsp3) is 0.0526. The molecule has 0 unspecified atom stereocenters. The molecule has 3 rings (SSSR count). The van der Waals surface area contributed by atoms with Gasteiger partial charge in [0.25, 0.3) is 20.0 Å². The average Bonchev–Trinajstić information content (AvgIpc) is 2.74. The minimum Gasteiger partial charge on any atom is -0.495 e. The molecular formula is C19H14F4N2O5S2. The lowest BCUT2D eigenvalue weighted by atomic mass is 10.3. The van der Waals surface area contributed by atoms with Crippen molar-refractivity contribution in [3.05, 3.63) is 77.9 Å². The van der Waals surface area contributed by atoms with Crippen LogP contribution in [0.4, 0.5) is 28.9 Å². The molecule has 0 saturated heterocycles. The van der Waals surface area contributed by atoms with Gasteiger partial charge in [-0.15, -0.1) is 0 Å². The minimum absolute atomic E-state index is 0.315. The predicted molar refractivity (Wildman–Crippen MR) is 107 cm³/mol. The Labute approximate surface area is 180 Å². The fourth-order valence-electron chi connectivity index (χ4n) is 2.60. The maximum Gasteiger partial charge on any atom is 0.265 e. The monoisotopic (exact) mass is 490 g/mol. The highest BCUT2D eigenvalue weighted by Crippen LogP contribution is 2.30. The Kier molecular flexibility index (Phi) is 6.32. The van der Waals surface area contributed by atoms with Gasteiger partial charge < -0.3 is 4.74 Å². The van der Waals surface area contributed by atoms with Gasteiger partial charge in [-0.2, -0.15) is 0 Å². The first kappa shape index (κ1) is 23.3. The van der Waals surface area contributed by atoms with E-state index in [1.165, 1.54) is 0 Å². The van der Waals surface area contributed by atoms with Crippen molar-refractivity contribution in [2.24, 2.45) is 0 Å². The molecule has 0 aromatic heterocycles. The molecule has 0 aliphatic heterocycles. The van der Waals surface area contributed by atoms with Crippen LogP contribution in [0.3, 0.4) is 0 Å². The second-order valence-corrected chi connectivity index (χ2v) is 9.56. The van der Waals surface area contributed by atoms with Gasteiger partial charge in [-0.1, -0.05) is 12.1 Å². The van der Waals surface area contributed by atoms with E-state index in [2.05, 4.69) is 0 Å². The number of sulfonamides is 2. The molecule has 0 radical (unpaired) electrons. The van der Waals surface area contributed by atoms with E-state index >= 15 is 0 Å². The molecule has 0 saturated carbocycles. The van der Waals surface area contributed by atoms with Gasteiger partial charge in [0.1, 0.15) is 10.6 Å². The zero-order chi connectivity index (χ0) is 23.7. The molecule has 3 aromatic rings. The minimum atomic E-state index is -4.67. The summed E-state index contributed by atoms with van der Waals surface area (Å²) in [6.07, 6.45) is 0. The van der Waals surface area contributed by atoms with E-state index in [0.717, 1.165) is 55.6 Å². The third-order valence-corrected chi connectivity index (χ3v) is 6.88. The summed E-state index contributed by atoms with van der Waals surface area (Å²) >= 11 is 0. The maximum atomic E-state index is 13.9. The summed E-state index contributed by atoms with van der Waals surface area (Å²) in [5, 5.41) is 0. The summed E-state index contributed by atoms with van der Waals surface area (Å²) in [6, 6.07) is 8.22. The highest BCUT2D eigenvalue weighted by Gasteiger charge is 2.26. The van der Waals surface area contributed by atoms with Crippen molar-refractivity contribution in [3.63, 3.8) is 0 Å². The first-order valence-corrected chi connectivity index (χ1v) is 11.5. The number of methoxy groups -OCH3 is 1. The number of hydrogen-bond donors (Lipinski definition) is 2. The van der Waals surface area contributed by atoms with Crippen LogP contribution >= 0.6 is 0 Å². The highest BCUT2D eigenvalue weighted by atomic mass is 32.2. The van der Waals surface area contributed by atoms with E-state index in [4.69, 9.17) is 4.74 Å². The van der Waals surface area contributed by atoms with Crippen molar-refractivity contribution < 1.29 is 39.1 Å². The number of hydrogen-bond acceptors (Lipinski definition) is 5. The molecule has 0 bridgehead atoms. The third kappa shape index (κ3) is 4.62. The molecular weight excluding hydrogens is 476 g/mol. The number of rotatable bonds is 7. The van der Waals surface area contributed by atoms with Crippen LogP contribution in [0.5, 0.6) is 5.75 Å². The van der Waals surface area contributed by atoms with Gasteiger partial charge in [-0.3, -0.25) is 9.44 Å². The molecule has 0 fully saturated rings. The lowest BCUT2D eigenvalue weighted by molar-refractivity contribution is 0.402. The topological polar surface area (TPSA) is 102 Å². The zero-order valence-electron chi connectivity index (χ0n) is 16.1. The SMILES string of the molecule is COc1ccc(S(=O)(=O)Nc2cccc(F)c2F)cc1S(=O)(=O)Nc1cccc(F)c1F. The maximum absolute atomic E-state index is 13.9. The van der Waals surface area contributed by atoms with E-state index in [-0.39, 0.29) is 5.75 Å².